The lowest BCUT2D eigenvalue weighted by atomic mass is 9.59. The molecule has 0 saturated heterocycles. The third-order valence-corrected chi connectivity index (χ3v) is 5.83. The van der Waals surface area contributed by atoms with Crippen molar-refractivity contribution in [2.24, 2.45) is 5.92 Å². The number of hydrogen-bond acceptors (Lipinski definition) is 1. The van der Waals surface area contributed by atoms with Gasteiger partial charge in [-0.2, -0.15) is 0 Å². The summed E-state index contributed by atoms with van der Waals surface area (Å²) in [4.78, 5) is 0. The van der Waals surface area contributed by atoms with E-state index in [4.69, 9.17) is 23.2 Å². The molecular formula is C17H24Cl3O-. The first-order chi connectivity index (χ1) is 9.53. The molecule has 0 bridgehead atoms. The minimum absolute atomic E-state index is 0. The average molecular weight is 351 g/mol. The number of aliphatic hydroxyl groups excluding tert-OH is 1. The highest BCUT2D eigenvalue weighted by Gasteiger charge is 2.45. The maximum absolute atomic E-state index is 10.8. The van der Waals surface area contributed by atoms with Gasteiger partial charge in [-0.05, 0) is 42.9 Å². The molecule has 0 amide bonds. The molecule has 1 N–H and O–H groups in total. The summed E-state index contributed by atoms with van der Waals surface area (Å²) >= 11 is 12.2. The molecule has 0 spiro atoms. The average Bonchev–Trinajstić information content (AvgIpc) is 2.38. The second-order valence-electron chi connectivity index (χ2n) is 6.07. The first kappa shape index (κ1) is 19.1. The Morgan fingerprint density at radius 1 is 1.14 bits per heavy atom. The molecule has 1 aromatic rings. The number of aliphatic hydroxyl groups is 1. The van der Waals surface area contributed by atoms with Crippen LogP contribution in [0.4, 0.5) is 0 Å². The molecule has 0 aliphatic heterocycles. The Bertz CT molecular complexity index is 453. The molecule has 120 valence electrons. The third-order valence-electron chi connectivity index (χ3n) is 5.09. The second kappa shape index (κ2) is 8.06. The summed E-state index contributed by atoms with van der Waals surface area (Å²) in [7, 11) is 0. The van der Waals surface area contributed by atoms with Gasteiger partial charge in [0.05, 0.1) is 16.1 Å². The summed E-state index contributed by atoms with van der Waals surface area (Å²) in [5, 5.41) is 12.0. The molecule has 1 aliphatic carbocycles. The van der Waals surface area contributed by atoms with Crippen LogP contribution in [0, 0.1) is 5.92 Å². The standard InChI is InChI=1S/C17H24Cl2O.ClH/c1-3-12(4-2)10-16(20)17(8-5-9-17)13-6-7-14(18)15(19)11-13;/h6-7,11-12,16,20H,3-5,8-10H2,1-2H3;1H/p-1. The topological polar surface area (TPSA) is 20.2 Å². The van der Waals surface area contributed by atoms with Gasteiger partial charge in [-0.25, -0.2) is 0 Å². The van der Waals surface area contributed by atoms with E-state index in [9.17, 15) is 5.11 Å². The van der Waals surface area contributed by atoms with Gasteiger partial charge >= 0.3 is 0 Å². The molecule has 4 heteroatoms. The van der Waals surface area contributed by atoms with Gasteiger partial charge in [0.1, 0.15) is 0 Å². The molecule has 0 heterocycles. The summed E-state index contributed by atoms with van der Waals surface area (Å²) in [6.45, 7) is 4.40. The van der Waals surface area contributed by atoms with Crippen molar-refractivity contribution in [3.8, 4) is 0 Å². The monoisotopic (exact) mass is 349 g/mol. The highest BCUT2D eigenvalue weighted by atomic mass is 35.5. The summed E-state index contributed by atoms with van der Waals surface area (Å²) in [5.74, 6) is 0.602. The van der Waals surface area contributed by atoms with Crippen molar-refractivity contribution in [1.29, 1.82) is 0 Å². The van der Waals surface area contributed by atoms with Gasteiger partial charge in [-0.3, -0.25) is 0 Å². The molecule has 0 radical (unpaired) electrons. The van der Waals surface area contributed by atoms with Crippen LogP contribution in [0.5, 0.6) is 0 Å². The lowest BCUT2D eigenvalue weighted by Gasteiger charge is -2.47. The summed E-state index contributed by atoms with van der Waals surface area (Å²) < 4.78 is 0. The highest BCUT2D eigenvalue weighted by molar-refractivity contribution is 6.42. The largest absolute Gasteiger partial charge is 1.00 e. The molecule has 1 aromatic carbocycles. The van der Waals surface area contributed by atoms with E-state index in [2.05, 4.69) is 13.8 Å². The van der Waals surface area contributed by atoms with Crippen LogP contribution in [0.25, 0.3) is 0 Å². The maximum Gasteiger partial charge on any atom is 0.0639 e. The van der Waals surface area contributed by atoms with Crippen LogP contribution in [-0.2, 0) is 5.41 Å². The number of benzene rings is 1. The van der Waals surface area contributed by atoms with Gasteiger partial charge in [0, 0.05) is 5.41 Å². The van der Waals surface area contributed by atoms with E-state index in [1.807, 2.05) is 18.2 Å². The Labute approximate surface area is 144 Å². The molecule has 2 rings (SSSR count). The van der Waals surface area contributed by atoms with E-state index >= 15 is 0 Å². The number of halogens is 3. The quantitative estimate of drug-likeness (QED) is 0.836. The van der Waals surface area contributed by atoms with E-state index in [0.29, 0.717) is 16.0 Å². The zero-order valence-corrected chi connectivity index (χ0v) is 15.0. The fourth-order valence-electron chi connectivity index (χ4n) is 3.34. The van der Waals surface area contributed by atoms with E-state index in [1.54, 1.807) is 0 Å². The molecule has 0 aromatic heterocycles. The molecule has 1 unspecified atom stereocenters. The minimum atomic E-state index is -0.279. The highest BCUT2D eigenvalue weighted by Crippen LogP contribution is 2.49. The van der Waals surface area contributed by atoms with Crippen LogP contribution in [0.2, 0.25) is 10.0 Å². The Morgan fingerprint density at radius 3 is 2.19 bits per heavy atom. The Hall–Kier alpha value is 0.0500. The van der Waals surface area contributed by atoms with Crippen LogP contribution in [0.3, 0.4) is 0 Å². The predicted molar refractivity (Wildman–Crippen MR) is 86.7 cm³/mol. The molecule has 1 aliphatic rings. The number of hydrogen-bond donors (Lipinski definition) is 1. The first-order valence-corrected chi connectivity index (χ1v) is 8.42. The molecule has 1 saturated carbocycles. The van der Waals surface area contributed by atoms with Gasteiger partial charge in [-0.15, -0.1) is 0 Å². The first-order valence-electron chi connectivity index (χ1n) is 7.67. The van der Waals surface area contributed by atoms with Crippen molar-refractivity contribution < 1.29 is 17.5 Å². The number of rotatable bonds is 6. The smallest absolute Gasteiger partial charge is 0.0639 e. The van der Waals surface area contributed by atoms with Crippen LogP contribution in [-0.4, -0.2) is 11.2 Å². The van der Waals surface area contributed by atoms with Crippen molar-refractivity contribution in [2.45, 2.75) is 63.9 Å². The zero-order valence-electron chi connectivity index (χ0n) is 12.7. The third kappa shape index (κ3) is 3.88. The fraction of sp³-hybridized carbons (Fsp3) is 0.647. The van der Waals surface area contributed by atoms with Crippen LogP contribution in [0.1, 0.15) is 57.9 Å². The van der Waals surface area contributed by atoms with Crippen LogP contribution in [0.15, 0.2) is 18.2 Å². The lowest BCUT2D eigenvalue weighted by Crippen LogP contribution is -3.00. The van der Waals surface area contributed by atoms with E-state index < -0.39 is 0 Å². The van der Waals surface area contributed by atoms with Gasteiger partial charge in [-0.1, -0.05) is 62.4 Å². The Morgan fingerprint density at radius 2 is 1.76 bits per heavy atom. The SMILES string of the molecule is CCC(CC)CC(O)C1(c2ccc(Cl)c(Cl)c2)CCC1.[Cl-]. The lowest BCUT2D eigenvalue weighted by molar-refractivity contribution is -0.0000152. The summed E-state index contributed by atoms with van der Waals surface area (Å²) in [5.41, 5.74) is 1.05. The van der Waals surface area contributed by atoms with Crippen molar-refractivity contribution in [3.63, 3.8) is 0 Å². The van der Waals surface area contributed by atoms with Gasteiger partial charge in [0.15, 0.2) is 0 Å². The normalized spacial score (nSPS) is 18.0. The second-order valence-corrected chi connectivity index (χ2v) is 6.89. The fourth-order valence-corrected chi connectivity index (χ4v) is 3.64. The van der Waals surface area contributed by atoms with Gasteiger partial charge < -0.3 is 17.5 Å². The van der Waals surface area contributed by atoms with Gasteiger partial charge in [0.25, 0.3) is 0 Å². The summed E-state index contributed by atoms with van der Waals surface area (Å²) in [6, 6.07) is 5.83. The minimum Gasteiger partial charge on any atom is -1.00 e. The molecule has 1 atom stereocenters. The van der Waals surface area contributed by atoms with Crippen molar-refractivity contribution in [3.05, 3.63) is 33.8 Å². The van der Waals surface area contributed by atoms with Gasteiger partial charge in [0.2, 0.25) is 0 Å². The molecule has 1 nitrogen and oxygen atoms in total. The molecule has 21 heavy (non-hydrogen) atoms. The van der Waals surface area contributed by atoms with Crippen molar-refractivity contribution in [1.82, 2.24) is 0 Å². The summed E-state index contributed by atoms with van der Waals surface area (Å²) in [6.07, 6.45) is 6.14. The molecule has 1 fully saturated rings. The Kier molecular flexibility index (Phi) is 7.33. The van der Waals surface area contributed by atoms with Crippen molar-refractivity contribution in [2.75, 3.05) is 0 Å². The maximum atomic E-state index is 10.8. The zero-order chi connectivity index (χ0) is 14.8. The Balaban J connectivity index is 0.00000220. The van der Waals surface area contributed by atoms with Crippen molar-refractivity contribution >= 4 is 23.2 Å². The van der Waals surface area contributed by atoms with Crippen LogP contribution < -0.4 is 12.4 Å². The predicted octanol–water partition coefficient (Wildman–Crippen LogP) is 2.61. The van der Waals surface area contributed by atoms with Crippen LogP contribution >= 0.6 is 23.2 Å². The van der Waals surface area contributed by atoms with E-state index in [1.165, 1.54) is 6.42 Å². The van der Waals surface area contributed by atoms with E-state index in [0.717, 1.165) is 37.7 Å². The van der Waals surface area contributed by atoms with E-state index in [-0.39, 0.29) is 23.9 Å². The molecular weight excluding hydrogens is 327 g/mol.